The Balaban J connectivity index is 2.15. The van der Waals surface area contributed by atoms with Crippen LogP contribution in [0.3, 0.4) is 0 Å². The predicted octanol–water partition coefficient (Wildman–Crippen LogP) is 5.87. The molecule has 0 spiro atoms. The lowest BCUT2D eigenvalue weighted by Crippen LogP contribution is -2.13. The first-order chi connectivity index (χ1) is 11.2. The van der Waals surface area contributed by atoms with Crippen LogP contribution in [-0.2, 0) is 4.79 Å². The molecule has 128 valence electrons. The first-order valence-corrected chi connectivity index (χ1v) is 9.29. The molecule has 0 saturated carbocycles. The van der Waals surface area contributed by atoms with E-state index in [1.165, 1.54) is 57.8 Å². The molecule has 0 heterocycles. The molecular weight excluding hydrogens is 282 g/mol. The summed E-state index contributed by atoms with van der Waals surface area (Å²) < 4.78 is 0. The molecular formula is C21H33NO. The number of unbranched alkanes of at least 4 members (excludes halogenated alkanes) is 9. The highest BCUT2D eigenvalue weighted by molar-refractivity contribution is 5.96. The van der Waals surface area contributed by atoms with Crippen LogP contribution in [0.25, 0.3) is 6.08 Å². The van der Waals surface area contributed by atoms with Gasteiger partial charge in [0.2, 0.25) is 5.91 Å². The summed E-state index contributed by atoms with van der Waals surface area (Å²) in [7, 11) is 0. The van der Waals surface area contributed by atoms with E-state index in [2.05, 4.69) is 6.92 Å². The van der Waals surface area contributed by atoms with E-state index in [1.807, 2.05) is 36.4 Å². The Bertz CT molecular complexity index is 450. The zero-order chi connectivity index (χ0) is 16.8. The number of amides is 1. The van der Waals surface area contributed by atoms with E-state index in [0.717, 1.165) is 24.0 Å². The molecule has 0 aliphatic heterocycles. The van der Waals surface area contributed by atoms with Gasteiger partial charge in [0.05, 0.1) is 0 Å². The molecule has 2 N–H and O–H groups in total. The summed E-state index contributed by atoms with van der Waals surface area (Å²) in [4.78, 5) is 11.5. The monoisotopic (exact) mass is 315 g/mol. The molecule has 1 amide bonds. The molecule has 0 aliphatic rings. The number of hydrogen-bond acceptors (Lipinski definition) is 1. The van der Waals surface area contributed by atoms with Crippen LogP contribution in [0.2, 0.25) is 0 Å². The van der Waals surface area contributed by atoms with Gasteiger partial charge in [-0.25, -0.2) is 0 Å². The van der Waals surface area contributed by atoms with Crippen LogP contribution < -0.4 is 5.73 Å². The minimum atomic E-state index is -0.287. The van der Waals surface area contributed by atoms with Crippen LogP contribution >= 0.6 is 0 Å². The fourth-order valence-corrected chi connectivity index (χ4v) is 2.82. The third-order valence-electron chi connectivity index (χ3n) is 4.26. The largest absolute Gasteiger partial charge is 0.366 e. The molecule has 0 fully saturated rings. The average molecular weight is 316 g/mol. The number of primary amides is 1. The van der Waals surface area contributed by atoms with Crippen LogP contribution in [0.5, 0.6) is 0 Å². The van der Waals surface area contributed by atoms with Gasteiger partial charge in [-0.3, -0.25) is 4.79 Å². The maximum Gasteiger partial charge on any atom is 0.244 e. The SMILES string of the molecule is CCCCCCCCCCCCC(=Cc1ccccc1)C(N)=O. The van der Waals surface area contributed by atoms with Crippen molar-refractivity contribution >= 4 is 12.0 Å². The molecule has 0 saturated heterocycles. The summed E-state index contributed by atoms with van der Waals surface area (Å²) in [6.45, 7) is 2.26. The first kappa shape index (κ1) is 19.5. The lowest BCUT2D eigenvalue weighted by atomic mass is 10.0. The Kier molecular flexibility index (Phi) is 10.9. The maximum atomic E-state index is 11.5. The van der Waals surface area contributed by atoms with Gasteiger partial charge in [0.1, 0.15) is 0 Å². The number of nitrogens with two attached hydrogens (primary N) is 1. The van der Waals surface area contributed by atoms with Gasteiger partial charge in [-0.1, -0.05) is 95.0 Å². The number of carbonyl (C=O) groups is 1. The molecule has 23 heavy (non-hydrogen) atoms. The van der Waals surface area contributed by atoms with E-state index in [-0.39, 0.29) is 5.91 Å². The van der Waals surface area contributed by atoms with Gasteiger partial charge < -0.3 is 5.73 Å². The van der Waals surface area contributed by atoms with E-state index in [4.69, 9.17) is 5.73 Å². The minimum Gasteiger partial charge on any atom is -0.366 e. The van der Waals surface area contributed by atoms with Crippen molar-refractivity contribution in [1.82, 2.24) is 0 Å². The van der Waals surface area contributed by atoms with Gasteiger partial charge in [-0.2, -0.15) is 0 Å². The lowest BCUT2D eigenvalue weighted by molar-refractivity contribution is -0.114. The van der Waals surface area contributed by atoms with Crippen molar-refractivity contribution in [2.24, 2.45) is 5.73 Å². The van der Waals surface area contributed by atoms with E-state index in [0.29, 0.717) is 0 Å². The van der Waals surface area contributed by atoms with E-state index < -0.39 is 0 Å². The number of benzene rings is 1. The molecule has 0 radical (unpaired) electrons. The lowest BCUT2D eigenvalue weighted by Gasteiger charge is -2.05. The summed E-state index contributed by atoms with van der Waals surface area (Å²) in [5, 5.41) is 0. The van der Waals surface area contributed by atoms with Crippen molar-refractivity contribution in [2.45, 2.75) is 77.6 Å². The molecule has 1 rings (SSSR count). The Hall–Kier alpha value is -1.57. The van der Waals surface area contributed by atoms with Crippen molar-refractivity contribution in [2.75, 3.05) is 0 Å². The molecule has 1 aromatic carbocycles. The van der Waals surface area contributed by atoms with E-state index in [9.17, 15) is 4.79 Å². The van der Waals surface area contributed by atoms with Gasteiger partial charge in [0.15, 0.2) is 0 Å². The topological polar surface area (TPSA) is 43.1 Å². The maximum absolute atomic E-state index is 11.5. The van der Waals surface area contributed by atoms with E-state index in [1.54, 1.807) is 0 Å². The zero-order valence-corrected chi connectivity index (χ0v) is 14.7. The molecule has 1 aromatic rings. The van der Waals surface area contributed by atoms with Crippen molar-refractivity contribution < 1.29 is 4.79 Å². The second-order valence-electron chi connectivity index (χ2n) is 6.38. The molecule has 0 unspecified atom stereocenters. The smallest absolute Gasteiger partial charge is 0.244 e. The summed E-state index contributed by atoms with van der Waals surface area (Å²) in [6.07, 6.45) is 15.8. The number of rotatable bonds is 13. The van der Waals surface area contributed by atoms with Gasteiger partial charge in [0.25, 0.3) is 0 Å². The van der Waals surface area contributed by atoms with Crippen molar-refractivity contribution in [3.05, 3.63) is 41.5 Å². The van der Waals surface area contributed by atoms with Gasteiger partial charge >= 0.3 is 0 Å². The quantitative estimate of drug-likeness (QED) is 0.359. The second kappa shape index (κ2) is 12.9. The molecule has 0 aromatic heterocycles. The first-order valence-electron chi connectivity index (χ1n) is 9.29. The average Bonchev–Trinajstić information content (AvgIpc) is 2.56. The van der Waals surface area contributed by atoms with E-state index >= 15 is 0 Å². The fourth-order valence-electron chi connectivity index (χ4n) is 2.82. The van der Waals surface area contributed by atoms with Gasteiger partial charge in [-0.05, 0) is 24.5 Å². The Morgan fingerprint density at radius 3 is 1.91 bits per heavy atom. The van der Waals surface area contributed by atoms with Crippen LogP contribution in [0.15, 0.2) is 35.9 Å². The standard InChI is InChI=1S/C21H33NO/c1-2-3-4-5-6-7-8-9-10-14-17-20(21(22)23)18-19-15-12-11-13-16-19/h11-13,15-16,18H,2-10,14,17H2,1H3,(H2,22,23). The third-order valence-corrected chi connectivity index (χ3v) is 4.26. The summed E-state index contributed by atoms with van der Waals surface area (Å²) >= 11 is 0. The zero-order valence-electron chi connectivity index (χ0n) is 14.7. The highest BCUT2D eigenvalue weighted by Gasteiger charge is 2.05. The third kappa shape index (κ3) is 9.93. The van der Waals surface area contributed by atoms with Crippen molar-refractivity contribution in [1.29, 1.82) is 0 Å². The van der Waals surface area contributed by atoms with Crippen LogP contribution in [0, 0.1) is 0 Å². The Morgan fingerprint density at radius 1 is 0.870 bits per heavy atom. The van der Waals surface area contributed by atoms with Crippen molar-refractivity contribution in [3.8, 4) is 0 Å². The number of hydrogen-bond donors (Lipinski definition) is 1. The van der Waals surface area contributed by atoms with Crippen LogP contribution in [0.4, 0.5) is 0 Å². The van der Waals surface area contributed by atoms with Crippen LogP contribution in [0.1, 0.15) is 83.1 Å². The second-order valence-corrected chi connectivity index (χ2v) is 6.38. The summed E-state index contributed by atoms with van der Waals surface area (Å²) in [5.41, 5.74) is 7.29. The van der Waals surface area contributed by atoms with Crippen molar-refractivity contribution in [3.63, 3.8) is 0 Å². The normalized spacial score (nSPS) is 11.6. The Labute approximate surface area is 142 Å². The van der Waals surface area contributed by atoms with Crippen LogP contribution in [-0.4, -0.2) is 5.91 Å². The minimum absolute atomic E-state index is 0.287. The van der Waals surface area contributed by atoms with Gasteiger partial charge in [0, 0.05) is 5.57 Å². The Morgan fingerprint density at radius 2 is 1.39 bits per heavy atom. The highest BCUT2D eigenvalue weighted by atomic mass is 16.1. The fraction of sp³-hybridized carbons (Fsp3) is 0.571. The number of carbonyl (C=O) groups excluding carboxylic acids is 1. The highest BCUT2D eigenvalue weighted by Crippen LogP contribution is 2.16. The molecule has 0 aliphatic carbocycles. The molecule has 2 nitrogen and oxygen atoms in total. The summed E-state index contributed by atoms with van der Waals surface area (Å²) in [6, 6.07) is 9.93. The molecule has 2 heteroatoms. The molecule has 0 bridgehead atoms. The van der Waals surface area contributed by atoms with Gasteiger partial charge in [-0.15, -0.1) is 0 Å². The predicted molar refractivity (Wildman–Crippen MR) is 100 cm³/mol. The summed E-state index contributed by atoms with van der Waals surface area (Å²) in [5.74, 6) is -0.287. The molecule has 0 atom stereocenters.